The number of pyridine rings is 1. The number of carbonyl (C=O) groups is 1. The minimum Gasteiger partial charge on any atom is -0.353 e. The van der Waals surface area contributed by atoms with E-state index >= 15 is 0 Å². The van der Waals surface area contributed by atoms with Crippen LogP contribution in [0.15, 0.2) is 48.7 Å². The molecule has 108 valence electrons. The van der Waals surface area contributed by atoms with Crippen molar-refractivity contribution in [1.29, 1.82) is 0 Å². The Morgan fingerprint density at radius 1 is 1.24 bits per heavy atom. The van der Waals surface area contributed by atoms with Gasteiger partial charge < -0.3 is 16.0 Å². The number of nitrogens with zero attached hydrogens (tertiary/aromatic N) is 2. The Bertz CT molecular complexity index is 606. The fourth-order valence-electron chi connectivity index (χ4n) is 2.29. The third-order valence-corrected chi connectivity index (χ3v) is 3.54. The zero-order chi connectivity index (χ0) is 14.7. The lowest BCUT2D eigenvalue weighted by Crippen LogP contribution is -2.56. The third-order valence-electron chi connectivity index (χ3n) is 3.54. The van der Waals surface area contributed by atoms with Crippen molar-refractivity contribution in [1.82, 2.24) is 10.3 Å². The SMILES string of the molecule is NC1CN(c2ccc(C(=O)NCc3ccccc3)cn2)C1. The van der Waals surface area contributed by atoms with Crippen molar-refractivity contribution in [2.24, 2.45) is 5.73 Å². The van der Waals surface area contributed by atoms with E-state index in [1.807, 2.05) is 36.4 Å². The monoisotopic (exact) mass is 282 g/mol. The van der Waals surface area contributed by atoms with Crippen LogP contribution in [0.25, 0.3) is 0 Å². The standard InChI is InChI=1S/C16H18N4O/c17-14-10-20(11-14)15-7-6-13(9-18-15)16(21)19-8-12-4-2-1-3-5-12/h1-7,9,14H,8,10-11,17H2,(H,19,21). The fraction of sp³-hybridized carbons (Fsp3) is 0.250. The second-order valence-electron chi connectivity index (χ2n) is 5.24. The number of nitrogens with one attached hydrogen (secondary N) is 1. The first-order valence-corrected chi connectivity index (χ1v) is 7.01. The van der Waals surface area contributed by atoms with E-state index < -0.39 is 0 Å². The van der Waals surface area contributed by atoms with E-state index in [1.54, 1.807) is 12.3 Å². The van der Waals surface area contributed by atoms with Gasteiger partial charge in [0.15, 0.2) is 0 Å². The maximum Gasteiger partial charge on any atom is 0.253 e. The Morgan fingerprint density at radius 3 is 2.62 bits per heavy atom. The van der Waals surface area contributed by atoms with Crippen molar-refractivity contribution >= 4 is 11.7 Å². The molecule has 1 aliphatic heterocycles. The molecule has 21 heavy (non-hydrogen) atoms. The van der Waals surface area contributed by atoms with Crippen LogP contribution in [0.5, 0.6) is 0 Å². The molecule has 0 atom stereocenters. The molecule has 0 aliphatic carbocycles. The van der Waals surface area contributed by atoms with E-state index in [4.69, 9.17) is 5.73 Å². The van der Waals surface area contributed by atoms with Gasteiger partial charge in [-0.15, -0.1) is 0 Å². The zero-order valence-electron chi connectivity index (χ0n) is 11.7. The maximum absolute atomic E-state index is 12.1. The average molecular weight is 282 g/mol. The Balaban J connectivity index is 1.57. The highest BCUT2D eigenvalue weighted by Crippen LogP contribution is 2.17. The van der Waals surface area contributed by atoms with E-state index in [0.717, 1.165) is 24.5 Å². The lowest BCUT2D eigenvalue weighted by Gasteiger charge is -2.37. The highest BCUT2D eigenvalue weighted by Gasteiger charge is 2.24. The molecule has 0 radical (unpaired) electrons. The first kappa shape index (κ1) is 13.6. The van der Waals surface area contributed by atoms with Crippen LogP contribution >= 0.6 is 0 Å². The summed E-state index contributed by atoms with van der Waals surface area (Å²) in [7, 11) is 0. The largest absolute Gasteiger partial charge is 0.353 e. The number of hydrogen-bond acceptors (Lipinski definition) is 4. The van der Waals surface area contributed by atoms with Crippen molar-refractivity contribution in [3.8, 4) is 0 Å². The molecule has 5 heteroatoms. The molecule has 1 aromatic heterocycles. The number of anilines is 1. The fourth-order valence-corrected chi connectivity index (χ4v) is 2.29. The molecule has 3 N–H and O–H groups in total. The van der Waals surface area contributed by atoms with Crippen molar-refractivity contribution in [2.75, 3.05) is 18.0 Å². The summed E-state index contributed by atoms with van der Waals surface area (Å²) in [6.45, 7) is 2.17. The normalized spacial score (nSPS) is 14.6. The summed E-state index contributed by atoms with van der Waals surface area (Å²) < 4.78 is 0. The molecule has 5 nitrogen and oxygen atoms in total. The zero-order valence-corrected chi connectivity index (χ0v) is 11.7. The van der Waals surface area contributed by atoms with Crippen LogP contribution in [0, 0.1) is 0 Å². The predicted octanol–water partition coefficient (Wildman–Crippen LogP) is 1.16. The van der Waals surface area contributed by atoms with Crippen molar-refractivity contribution in [3.05, 3.63) is 59.8 Å². The number of hydrogen-bond donors (Lipinski definition) is 2. The Hall–Kier alpha value is -2.40. The van der Waals surface area contributed by atoms with Crippen LogP contribution in [0.3, 0.4) is 0 Å². The van der Waals surface area contributed by atoms with Gasteiger partial charge in [-0.05, 0) is 17.7 Å². The Labute approximate surface area is 123 Å². The van der Waals surface area contributed by atoms with E-state index in [1.165, 1.54) is 0 Å². The molecule has 1 amide bonds. The molecule has 3 rings (SSSR count). The summed E-state index contributed by atoms with van der Waals surface area (Å²) in [5.74, 6) is 0.759. The smallest absolute Gasteiger partial charge is 0.253 e. The lowest BCUT2D eigenvalue weighted by atomic mass is 10.1. The second kappa shape index (κ2) is 5.93. The molecule has 1 aliphatic rings. The van der Waals surface area contributed by atoms with E-state index in [0.29, 0.717) is 12.1 Å². The molecule has 1 aromatic carbocycles. The van der Waals surface area contributed by atoms with Crippen LogP contribution in [0.1, 0.15) is 15.9 Å². The van der Waals surface area contributed by atoms with Gasteiger partial charge in [-0.3, -0.25) is 4.79 Å². The number of rotatable bonds is 4. The van der Waals surface area contributed by atoms with Gasteiger partial charge in [0.2, 0.25) is 0 Å². The number of aromatic nitrogens is 1. The molecular formula is C16H18N4O. The summed E-state index contributed by atoms with van der Waals surface area (Å²) in [6, 6.07) is 13.7. The van der Waals surface area contributed by atoms with Crippen LogP contribution in [-0.4, -0.2) is 30.0 Å². The quantitative estimate of drug-likeness (QED) is 0.882. The van der Waals surface area contributed by atoms with Gasteiger partial charge in [-0.2, -0.15) is 0 Å². The summed E-state index contributed by atoms with van der Waals surface area (Å²) in [4.78, 5) is 18.5. The van der Waals surface area contributed by atoms with Gasteiger partial charge in [-0.25, -0.2) is 4.98 Å². The molecule has 1 fully saturated rings. The minimum absolute atomic E-state index is 0.113. The topological polar surface area (TPSA) is 71.2 Å². The van der Waals surface area contributed by atoms with Crippen LogP contribution < -0.4 is 16.0 Å². The van der Waals surface area contributed by atoms with Gasteiger partial charge in [-0.1, -0.05) is 30.3 Å². The first-order chi connectivity index (χ1) is 10.2. The Kier molecular flexibility index (Phi) is 3.83. The van der Waals surface area contributed by atoms with Crippen molar-refractivity contribution < 1.29 is 4.79 Å². The summed E-state index contributed by atoms with van der Waals surface area (Å²) in [5, 5.41) is 2.89. The van der Waals surface area contributed by atoms with Gasteiger partial charge in [0.05, 0.1) is 5.56 Å². The van der Waals surface area contributed by atoms with E-state index in [9.17, 15) is 4.79 Å². The summed E-state index contributed by atoms with van der Waals surface area (Å²) >= 11 is 0. The summed E-state index contributed by atoms with van der Waals surface area (Å²) in [5.41, 5.74) is 7.39. The lowest BCUT2D eigenvalue weighted by molar-refractivity contribution is 0.0950. The van der Waals surface area contributed by atoms with Gasteiger partial charge in [0.1, 0.15) is 5.82 Å². The molecule has 2 heterocycles. The van der Waals surface area contributed by atoms with Crippen LogP contribution in [0.4, 0.5) is 5.82 Å². The molecule has 0 saturated carbocycles. The van der Waals surface area contributed by atoms with Gasteiger partial charge in [0, 0.05) is 31.9 Å². The van der Waals surface area contributed by atoms with E-state index in [-0.39, 0.29) is 11.9 Å². The molecule has 2 aromatic rings. The minimum atomic E-state index is -0.113. The van der Waals surface area contributed by atoms with Gasteiger partial charge in [0.25, 0.3) is 5.91 Å². The number of benzene rings is 1. The van der Waals surface area contributed by atoms with Crippen LogP contribution in [0.2, 0.25) is 0 Å². The van der Waals surface area contributed by atoms with Crippen molar-refractivity contribution in [2.45, 2.75) is 12.6 Å². The van der Waals surface area contributed by atoms with Crippen molar-refractivity contribution in [3.63, 3.8) is 0 Å². The molecule has 0 unspecified atom stereocenters. The predicted molar refractivity (Wildman–Crippen MR) is 82.0 cm³/mol. The molecule has 1 saturated heterocycles. The highest BCUT2D eigenvalue weighted by molar-refractivity contribution is 5.94. The maximum atomic E-state index is 12.1. The number of amides is 1. The van der Waals surface area contributed by atoms with Crippen LogP contribution in [-0.2, 0) is 6.54 Å². The van der Waals surface area contributed by atoms with Gasteiger partial charge >= 0.3 is 0 Å². The third kappa shape index (κ3) is 3.20. The number of carbonyl (C=O) groups excluding carboxylic acids is 1. The molecule has 0 spiro atoms. The molecular weight excluding hydrogens is 264 g/mol. The Morgan fingerprint density at radius 2 is 2.00 bits per heavy atom. The number of nitrogens with two attached hydrogens (primary N) is 1. The summed E-state index contributed by atoms with van der Waals surface area (Å²) in [6.07, 6.45) is 1.61. The van der Waals surface area contributed by atoms with E-state index in [2.05, 4.69) is 15.2 Å². The first-order valence-electron chi connectivity index (χ1n) is 7.01. The second-order valence-corrected chi connectivity index (χ2v) is 5.24. The molecule has 0 bridgehead atoms. The average Bonchev–Trinajstić information content (AvgIpc) is 2.51. The highest BCUT2D eigenvalue weighted by atomic mass is 16.1.